The molecule has 2 aromatic heterocycles. The third kappa shape index (κ3) is 5.66. The number of pyridine rings is 1. The summed E-state index contributed by atoms with van der Waals surface area (Å²) in [5.41, 5.74) is 3.74. The number of rotatable bonds is 8. The monoisotopic (exact) mass is 411 g/mol. The first-order valence-corrected chi connectivity index (χ1v) is 10.5. The highest BCUT2D eigenvalue weighted by Gasteiger charge is 2.10. The van der Waals surface area contributed by atoms with Crippen molar-refractivity contribution in [2.24, 2.45) is 0 Å². The van der Waals surface area contributed by atoms with Gasteiger partial charge in [-0.1, -0.05) is 49.7 Å². The molecular weight excluding hydrogens is 386 g/mol. The molecule has 0 unspecified atom stereocenters. The van der Waals surface area contributed by atoms with Crippen molar-refractivity contribution in [1.29, 1.82) is 0 Å². The Hall–Kier alpha value is -3.73. The lowest BCUT2D eigenvalue weighted by Crippen LogP contribution is -2.00. The Morgan fingerprint density at radius 3 is 2.29 bits per heavy atom. The topological polar surface area (TPSA) is 57.1 Å². The summed E-state index contributed by atoms with van der Waals surface area (Å²) in [5.74, 6) is 2.56. The Balaban J connectivity index is 1.50. The lowest BCUT2D eigenvalue weighted by molar-refractivity contribution is 0.305. The number of aryl methyl sites for hydroxylation is 2. The fourth-order valence-electron chi connectivity index (χ4n) is 3.16. The van der Waals surface area contributed by atoms with E-state index >= 15 is 0 Å². The number of aromatic nitrogens is 3. The van der Waals surface area contributed by atoms with E-state index in [-0.39, 0.29) is 0 Å². The number of benzene rings is 2. The zero-order valence-corrected chi connectivity index (χ0v) is 17.8. The minimum atomic E-state index is 0.509. The maximum absolute atomic E-state index is 6.04. The lowest BCUT2D eigenvalue weighted by atomic mass is 10.2. The molecule has 5 nitrogen and oxygen atoms in total. The van der Waals surface area contributed by atoms with Gasteiger partial charge in [0, 0.05) is 17.5 Å². The van der Waals surface area contributed by atoms with E-state index in [9.17, 15) is 0 Å². The average Bonchev–Trinajstić information content (AvgIpc) is 2.79. The van der Waals surface area contributed by atoms with Gasteiger partial charge in [0.15, 0.2) is 5.82 Å². The van der Waals surface area contributed by atoms with Crippen LogP contribution in [0.5, 0.6) is 17.4 Å². The molecule has 2 heterocycles. The van der Waals surface area contributed by atoms with Gasteiger partial charge in [0.2, 0.25) is 5.88 Å². The summed E-state index contributed by atoms with van der Waals surface area (Å²) in [7, 11) is 0. The molecular formula is C26H25N3O2. The van der Waals surface area contributed by atoms with Crippen molar-refractivity contribution in [3.63, 3.8) is 0 Å². The normalized spacial score (nSPS) is 10.6. The van der Waals surface area contributed by atoms with Gasteiger partial charge in [-0.2, -0.15) is 4.98 Å². The van der Waals surface area contributed by atoms with Crippen LogP contribution < -0.4 is 9.47 Å². The second-order valence-electron chi connectivity index (χ2n) is 7.28. The van der Waals surface area contributed by atoms with E-state index in [1.807, 2.05) is 85.8 Å². The molecule has 0 bridgehead atoms. The van der Waals surface area contributed by atoms with E-state index in [2.05, 4.69) is 21.9 Å². The lowest BCUT2D eigenvalue weighted by Gasteiger charge is -2.10. The molecule has 0 radical (unpaired) electrons. The first kappa shape index (κ1) is 20.5. The van der Waals surface area contributed by atoms with Gasteiger partial charge < -0.3 is 9.47 Å². The summed E-state index contributed by atoms with van der Waals surface area (Å²) >= 11 is 0. The Morgan fingerprint density at radius 2 is 1.55 bits per heavy atom. The molecule has 0 atom stereocenters. The molecule has 0 aliphatic carbocycles. The van der Waals surface area contributed by atoms with E-state index in [4.69, 9.17) is 9.47 Å². The number of hydrogen-bond donors (Lipinski definition) is 0. The van der Waals surface area contributed by atoms with Crippen LogP contribution in [0, 0.1) is 6.92 Å². The van der Waals surface area contributed by atoms with Gasteiger partial charge in [-0.15, -0.1) is 0 Å². The van der Waals surface area contributed by atoms with Crippen LogP contribution in [0.15, 0.2) is 78.9 Å². The number of nitrogens with zero attached hydrogens (tertiary/aromatic N) is 3. The molecule has 31 heavy (non-hydrogen) atoms. The fourth-order valence-corrected chi connectivity index (χ4v) is 3.16. The van der Waals surface area contributed by atoms with E-state index in [1.54, 1.807) is 0 Å². The molecule has 5 heteroatoms. The second kappa shape index (κ2) is 9.85. The van der Waals surface area contributed by atoms with E-state index in [0.717, 1.165) is 41.2 Å². The molecule has 0 saturated carbocycles. The summed E-state index contributed by atoms with van der Waals surface area (Å²) in [6.45, 7) is 4.61. The molecule has 0 spiro atoms. The third-order valence-corrected chi connectivity index (χ3v) is 4.67. The van der Waals surface area contributed by atoms with Crippen LogP contribution in [0.3, 0.4) is 0 Å². The molecule has 0 saturated heterocycles. The van der Waals surface area contributed by atoms with Crippen LogP contribution in [0.2, 0.25) is 0 Å². The van der Waals surface area contributed by atoms with Crippen molar-refractivity contribution in [3.05, 3.63) is 95.8 Å². The van der Waals surface area contributed by atoms with Gasteiger partial charge in [0.25, 0.3) is 0 Å². The van der Waals surface area contributed by atoms with Gasteiger partial charge in [-0.3, -0.25) is 0 Å². The Morgan fingerprint density at radius 1 is 0.774 bits per heavy atom. The fraction of sp³-hybridized carbons (Fsp3) is 0.192. The molecule has 0 aliphatic heterocycles. The molecule has 0 aliphatic rings. The zero-order valence-electron chi connectivity index (χ0n) is 17.8. The Kier molecular flexibility index (Phi) is 6.53. The molecule has 4 aromatic rings. The van der Waals surface area contributed by atoms with Gasteiger partial charge in [-0.25, -0.2) is 9.97 Å². The van der Waals surface area contributed by atoms with Crippen LogP contribution in [-0.4, -0.2) is 15.0 Å². The maximum Gasteiger partial charge on any atom is 0.223 e. The van der Waals surface area contributed by atoms with Gasteiger partial charge in [0.05, 0.1) is 0 Å². The quantitative estimate of drug-likeness (QED) is 0.347. The summed E-state index contributed by atoms with van der Waals surface area (Å²) in [4.78, 5) is 13.8. The Labute approximate surface area is 182 Å². The summed E-state index contributed by atoms with van der Waals surface area (Å²) in [6.07, 6.45) is 1.84. The van der Waals surface area contributed by atoms with Crippen LogP contribution in [0.4, 0.5) is 0 Å². The molecule has 4 rings (SSSR count). The van der Waals surface area contributed by atoms with Crippen molar-refractivity contribution >= 4 is 0 Å². The molecule has 0 fully saturated rings. The van der Waals surface area contributed by atoms with Crippen LogP contribution in [0.1, 0.15) is 30.3 Å². The summed E-state index contributed by atoms with van der Waals surface area (Å²) < 4.78 is 11.9. The molecule has 2 aromatic carbocycles. The summed E-state index contributed by atoms with van der Waals surface area (Å²) in [5, 5.41) is 0. The number of ether oxygens (including phenoxy) is 2. The highest BCUT2D eigenvalue weighted by Crippen LogP contribution is 2.26. The molecule has 156 valence electrons. The highest BCUT2D eigenvalue weighted by atomic mass is 16.5. The van der Waals surface area contributed by atoms with Gasteiger partial charge >= 0.3 is 0 Å². The van der Waals surface area contributed by atoms with Crippen molar-refractivity contribution in [3.8, 4) is 28.9 Å². The van der Waals surface area contributed by atoms with Gasteiger partial charge in [0.1, 0.15) is 23.8 Å². The largest absolute Gasteiger partial charge is 0.489 e. The van der Waals surface area contributed by atoms with E-state index < -0.39 is 0 Å². The minimum absolute atomic E-state index is 0.509. The van der Waals surface area contributed by atoms with Crippen molar-refractivity contribution in [1.82, 2.24) is 15.0 Å². The minimum Gasteiger partial charge on any atom is -0.489 e. The van der Waals surface area contributed by atoms with Crippen molar-refractivity contribution in [2.75, 3.05) is 0 Å². The van der Waals surface area contributed by atoms with Crippen molar-refractivity contribution < 1.29 is 9.47 Å². The third-order valence-electron chi connectivity index (χ3n) is 4.67. The second-order valence-corrected chi connectivity index (χ2v) is 7.28. The van der Waals surface area contributed by atoms with Crippen LogP contribution in [-0.2, 0) is 13.0 Å². The summed E-state index contributed by atoms with van der Waals surface area (Å²) in [6, 6.07) is 25.4. The van der Waals surface area contributed by atoms with Crippen LogP contribution in [0.25, 0.3) is 11.5 Å². The predicted molar refractivity (Wildman–Crippen MR) is 121 cm³/mol. The molecule has 0 amide bonds. The SMILES string of the molecule is CCCc1cc(Oc2ccc(OCc3ccccc3)cc2)nc(-c2cccc(C)n2)n1. The zero-order chi connectivity index (χ0) is 21.5. The van der Waals surface area contributed by atoms with E-state index in [1.165, 1.54) is 0 Å². The highest BCUT2D eigenvalue weighted by molar-refractivity contribution is 5.50. The first-order chi connectivity index (χ1) is 15.2. The number of hydrogen-bond acceptors (Lipinski definition) is 5. The average molecular weight is 412 g/mol. The van der Waals surface area contributed by atoms with Gasteiger partial charge in [-0.05, 0) is 55.3 Å². The first-order valence-electron chi connectivity index (χ1n) is 10.5. The Bertz CT molecular complexity index is 1130. The smallest absolute Gasteiger partial charge is 0.223 e. The predicted octanol–water partition coefficient (Wildman–Crippen LogP) is 6.17. The standard InChI is InChI=1S/C26H25N3O2/c1-3-8-21-17-25(29-26(28-21)24-12-7-9-19(2)27-24)31-23-15-13-22(14-16-23)30-18-20-10-5-4-6-11-20/h4-7,9-17H,3,8,18H2,1-2H3. The van der Waals surface area contributed by atoms with Crippen LogP contribution >= 0.6 is 0 Å². The van der Waals surface area contributed by atoms with Crippen molar-refractivity contribution in [2.45, 2.75) is 33.3 Å². The molecule has 0 N–H and O–H groups in total. The van der Waals surface area contributed by atoms with E-state index in [0.29, 0.717) is 24.1 Å². The maximum atomic E-state index is 6.04.